The van der Waals surface area contributed by atoms with Crippen LogP contribution in [0.2, 0.25) is 5.02 Å². The number of amides is 2. The van der Waals surface area contributed by atoms with Crippen LogP contribution in [0.4, 0.5) is 11.4 Å². The number of carbonyl (C=O) groups is 2. The molecule has 6 nitrogen and oxygen atoms in total. The van der Waals surface area contributed by atoms with Crippen LogP contribution in [0.1, 0.15) is 18.9 Å². The van der Waals surface area contributed by atoms with Gasteiger partial charge in [0.05, 0.1) is 18.7 Å². The first-order valence-corrected chi connectivity index (χ1v) is 9.63. The molecule has 0 heterocycles. The first-order chi connectivity index (χ1) is 13.4. The third kappa shape index (κ3) is 6.55. The second-order valence-corrected chi connectivity index (χ2v) is 7.02. The van der Waals surface area contributed by atoms with Crippen molar-refractivity contribution >= 4 is 34.8 Å². The van der Waals surface area contributed by atoms with Crippen molar-refractivity contribution in [1.29, 1.82) is 0 Å². The van der Waals surface area contributed by atoms with Gasteiger partial charge in [-0.05, 0) is 43.2 Å². The van der Waals surface area contributed by atoms with Crippen molar-refractivity contribution in [3.63, 3.8) is 0 Å². The molecule has 0 radical (unpaired) electrons. The average Bonchev–Trinajstić information content (AvgIpc) is 2.64. The number of nitrogens with one attached hydrogen (secondary N) is 3. The number of hydrogen-bond donors (Lipinski definition) is 3. The van der Waals surface area contributed by atoms with Gasteiger partial charge in [-0.15, -0.1) is 0 Å². The van der Waals surface area contributed by atoms with Crippen LogP contribution in [-0.2, 0) is 9.59 Å². The van der Waals surface area contributed by atoms with E-state index in [1.807, 2.05) is 38.1 Å². The Bertz CT molecular complexity index is 826. The summed E-state index contributed by atoms with van der Waals surface area (Å²) in [7, 11) is 1.54. The maximum Gasteiger partial charge on any atom is 0.279 e. The topological polar surface area (TPSA) is 71.9 Å². The molecule has 0 fully saturated rings. The van der Waals surface area contributed by atoms with Crippen molar-refractivity contribution in [2.24, 2.45) is 0 Å². The predicted octanol–water partition coefficient (Wildman–Crippen LogP) is 2.53. The number of quaternary nitrogens is 1. The van der Waals surface area contributed by atoms with Gasteiger partial charge in [0.1, 0.15) is 5.75 Å². The lowest BCUT2D eigenvalue weighted by Crippen LogP contribution is -3.14. The first-order valence-electron chi connectivity index (χ1n) is 9.25. The Kier molecular flexibility index (Phi) is 8.29. The summed E-state index contributed by atoms with van der Waals surface area (Å²) < 4.78 is 5.11. The van der Waals surface area contributed by atoms with Gasteiger partial charge in [-0.2, -0.15) is 0 Å². The number of methoxy groups -OCH3 is 1. The lowest BCUT2D eigenvalue weighted by atomic mass is 10.2. The Labute approximate surface area is 170 Å². The molecule has 0 aliphatic rings. The predicted molar refractivity (Wildman–Crippen MR) is 112 cm³/mol. The number of aryl methyl sites for hydroxylation is 1. The quantitative estimate of drug-likeness (QED) is 0.601. The van der Waals surface area contributed by atoms with Gasteiger partial charge in [0.15, 0.2) is 13.1 Å². The third-order valence-corrected chi connectivity index (χ3v) is 4.57. The number of para-hydroxylation sites is 1. The molecule has 1 atom stereocenters. The molecule has 150 valence electrons. The van der Waals surface area contributed by atoms with E-state index in [0.29, 0.717) is 16.5 Å². The van der Waals surface area contributed by atoms with Crippen LogP contribution in [0.5, 0.6) is 5.75 Å². The number of halogens is 1. The van der Waals surface area contributed by atoms with E-state index in [4.69, 9.17) is 16.3 Å². The van der Waals surface area contributed by atoms with Crippen LogP contribution in [0.15, 0.2) is 42.5 Å². The largest absolute Gasteiger partial charge is 0.495 e. The SMILES string of the molecule is CCC[NH+](CC(=O)Nc1ccc(OC)c(Cl)c1)CC(=O)Nc1ccccc1C. The molecule has 0 aromatic heterocycles. The lowest BCUT2D eigenvalue weighted by molar-refractivity contribution is -0.883. The minimum absolute atomic E-state index is 0.113. The van der Waals surface area contributed by atoms with Crippen LogP contribution in [0, 0.1) is 6.92 Å². The Morgan fingerprint density at radius 2 is 1.75 bits per heavy atom. The highest BCUT2D eigenvalue weighted by Crippen LogP contribution is 2.27. The maximum absolute atomic E-state index is 12.4. The number of benzene rings is 2. The van der Waals surface area contributed by atoms with Gasteiger partial charge < -0.3 is 20.3 Å². The summed E-state index contributed by atoms with van der Waals surface area (Å²) >= 11 is 6.09. The van der Waals surface area contributed by atoms with E-state index in [-0.39, 0.29) is 24.9 Å². The minimum atomic E-state index is -0.173. The van der Waals surface area contributed by atoms with Crippen molar-refractivity contribution in [2.45, 2.75) is 20.3 Å². The highest BCUT2D eigenvalue weighted by atomic mass is 35.5. The zero-order valence-corrected chi connectivity index (χ0v) is 17.2. The van der Waals surface area contributed by atoms with E-state index in [2.05, 4.69) is 10.6 Å². The summed E-state index contributed by atoms with van der Waals surface area (Å²) in [6.45, 7) is 5.11. The Morgan fingerprint density at radius 3 is 2.36 bits per heavy atom. The van der Waals surface area contributed by atoms with Crippen LogP contribution in [0.25, 0.3) is 0 Å². The molecule has 0 aliphatic carbocycles. The zero-order valence-electron chi connectivity index (χ0n) is 16.5. The van der Waals surface area contributed by atoms with Gasteiger partial charge in [-0.3, -0.25) is 9.59 Å². The molecule has 2 amide bonds. The van der Waals surface area contributed by atoms with E-state index in [0.717, 1.165) is 29.1 Å². The molecule has 0 spiro atoms. The second kappa shape index (κ2) is 10.7. The summed E-state index contributed by atoms with van der Waals surface area (Å²) in [4.78, 5) is 25.7. The Balaban J connectivity index is 1.93. The fourth-order valence-electron chi connectivity index (χ4n) is 2.90. The molecule has 1 unspecified atom stereocenters. The van der Waals surface area contributed by atoms with Crippen molar-refractivity contribution in [1.82, 2.24) is 0 Å². The number of hydrogen-bond acceptors (Lipinski definition) is 3. The van der Waals surface area contributed by atoms with Gasteiger partial charge in [-0.25, -0.2) is 0 Å². The van der Waals surface area contributed by atoms with E-state index < -0.39 is 0 Å². The van der Waals surface area contributed by atoms with Crippen LogP contribution in [-0.4, -0.2) is 38.6 Å². The van der Waals surface area contributed by atoms with Gasteiger partial charge in [-0.1, -0.05) is 36.7 Å². The number of ether oxygens (including phenoxy) is 1. The smallest absolute Gasteiger partial charge is 0.279 e. The standard InChI is InChI=1S/C21H26ClN3O3/c1-4-11-25(14-21(27)24-18-8-6-5-7-15(18)2)13-20(26)23-16-9-10-19(28-3)17(22)12-16/h5-10,12H,4,11,13-14H2,1-3H3,(H,23,26)(H,24,27)/p+1. The molecular weight excluding hydrogens is 378 g/mol. The number of rotatable bonds is 9. The first kappa shape index (κ1) is 21.7. The van der Waals surface area contributed by atoms with E-state index in [1.54, 1.807) is 18.2 Å². The normalized spacial score (nSPS) is 11.6. The summed E-state index contributed by atoms with van der Waals surface area (Å²) in [6, 6.07) is 12.7. The molecule has 0 saturated carbocycles. The molecule has 0 saturated heterocycles. The van der Waals surface area contributed by atoms with E-state index >= 15 is 0 Å². The monoisotopic (exact) mass is 404 g/mol. The second-order valence-electron chi connectivity index (χ2n) is 6.61. The van der Waals surface area contributed by atoms with Crippen LogP contribution >= 0.6 is 11.6 Å². The molecule has 28 heavy (non-hydrogen) atoms. The van der Waals surface area contributed by atoms with Gasteiger partial charge in [0.2, 0.25) is 0 Å². The number of carbonyl (C=O) groups excluding carboxylic acids is 2. The van der Waals surface area contributed by atoms with E-state index in [1.165, 1.54) is 7.11 Å². The Hall–Kier alpha value is -2.57. The van der Waals surface area contributed by atoms with Gasteiger partial charge >= 0.3 is 0 Å². The van der Waals surface area contributed by atoms with Gasteiger partial charge in [0, 0.05) is 11.4 Å². The van der Waals surface area contributed by atoms with Crippen molar-refractivity contribution < 1.29 is 19.2 Å². The molecule has 2 rings (SSSR count). The fraction of sp³-hybridized carbons (Fsp3) is 0.333. The van der Waals surface area contributed by atoms with Gasteiger partial charge in [0.25, 0.3) is 11.8 Å². The van der Waals surface area contributed by atoms with Crippen molar-refractivity contribution in [2.75, 3.05) is 37.4 Å². The van der Waals surface area contributed by atoms with Crippen LogP contribution < -0.4 is 20.3 Å². The molecule has 0 bridgehead atoms. The number of anilines is 2. The minimum Gasteiger partial charge on any atom is -0.495 e. The van der Waals surface area contributed by atoms with Crippen molar-refractivity contribution in [3.8, 4) is 5.75 Å². The third-order valence-electron chi connectivity index (χ3n) is 4.28. The molecule has 7 heteroatoms. The molecule has 0 aliphatic heterocycles. The zero-order chi connectivity index (χ0) is 20.5. The summed E-state index contributed by atoms with van der Waals surface area (Å²) in [6.07, 6.45) is 0.870. The molecule has 2 aromatic rings. The fourth-order valence-corrected chi connectivity index (χ4v) is 3.16. The lowest BCUT2D eigenvalue weighted by Gasteiger charge is -2.18. The molecule has 3 N–H and O–H groups in total. The molecular formula is C21H27ClN3O3+. The highest BCUT2D eigenvalue weighted by Gasteiger charge is 2.18. The van der Waals surface area contributed by atoms with E-state index in [9.17, 15) is 9.59 Å². The van der Waals surface area contributed by atoms with Crippen molar-refractivity contribution in [3.05, 3.63) is 53.1 Å². The Morgan fingerprint density at radius 1 is 1.07 bits per heavy atom. The molecule has 2 aromatic carbocycles. The maximum atomic E-state index is 12.4. The average molecular weight is 405 g/mol. The highest BCUT2D eigenvalue weighted by molar-refractivity contribution is 6.32. The summed E-state index contributed by atoms with van der Waals surface area (Å²) in [5, 5.41) is 6.17. The summed E-state index contributed by atoms with van der Waals surface area (Å²) in [5.41, 5.74) is 2.39. The summed E-state index contributed by atoms with van der Waals surface area (Å²) in [5.74, 6) is 0.261. The van der Waals surface area contributed by atoms with Crippen LogP contribution in [0.3, 0.4) is 0 Å².